The summed E-state index contributed by atoms with van der Waals surface area (Å²) in [6.45, 7) is 5.11. The lowest BCUT2D eigenvalue weighted by atomic mass is 10.1. The molecule has 6 aromatic rings. The molecule has 2 heterocycles. The molecule has 10 nitrogen and oxygen atoms in total. The number of nitrogens with one attached hydrogen (secondary N) is 1. The number of para-hydroxylation sites is 1. The number of phenolic OH excluding ortho intramolecular Hbond substituents is 1. The molecule has 0 aliphatic carbocycles. The summed E-state index contributed by atoms with van der Waals surface area (Å²) in [6, 6.07) is 28.8. The van der Waals surface area contributed by atoms with Gasteiger partial charge in [-0.15, -0.1) is 5.10 Å². The zero-order valence-electron chi connectivity index (χ0n) is 28.5. The first-order chi connectivity index (χ1) is 24.9. The lowest BCUT2D eigenvalue weighted by Gasteiger charge is -2.08. The van der Waals surface area contributed by atoms with Crippen molar-refractivity contribution in [3.05, 3.63) is 142 Å². The average molecular weight is 685 g/mol. The summed E-state index contributed by atoms with van der Waals surface area (Å²) >= 11 is 0. The lowest BCUT2D eigenvalue weighted by Crippen LogP contribution is -2.25. The average Bonchev–Trinajstić information content (AvgIpc) is 3.61. The van der Waals surface area contributed by atoms with Crippen LogP contribution in [0.5, 0.6) is 17.2 Å². The first-order valence-corrected chi connectivity index (χ1v) is 17.0. The van der Waals surface area contributed by atoms with E-state index in [9.17, 15) is 14.7 Å². The molecule has 0 unspecified atom stereocenters. The highest BCUT2D eigenvalue weighted by molar-refractivity contribution is 6.08. The molecule has 0 radical (unpaired) electrons. The van der Waals surface area contributed by atoms with Crippen LogP contribution in [0, 0.1) is 6.92 Å². The SMILES string of the molecule is Cc1ccc(O)c(C(=O)C=Cc2ccc(OCCCCc3cn(CCNCCOc4ccc(-c5cc(=O)c6ccccc6o5)cc4)nn3)cc2)c1. The molecule has 0 aliphatic rings. The number of aromatic nitrogens is 3. The molecular weight excluding hydrogens is 644 g/mol. The van der Waals surface area contributed by atoms with E-state index in [1.807, 2.05) is 78.5 Å². The van der Waals surface area contributed by atoms with Crippen molar-refractivity contribution in [1.82, 2.24) is 20.3 Å². The highest BCUT2D eigenvalue weighted by Crippen LogP contribution is 2.24. The van der Waals surface area contributed by atoms with E-state index < -0.39 is 0 Å². The number of hydrogen-bond acceptors (Lipinski definition) is 9. The van der Waals surface area contributed by atoms with Gasteiger partial charge in [-0.1, -0.05) is 47.2 Å². The molecule has 0 saturated carbocycles. The Morgan fingerprint density at radius 2 is 1.67 bits per heavy atom. The van der Waals surface area contributed by atoms with Crippen LogP contribution < -0.4 is 20.2 Å². The van der Waals surface area contributed by atoms with Crippen molar-refractivity contribution in [2.24, 2.45) is 0 Å². The molecule has 2 N–H and O–H groups in total. The largest absolute Gasteiger partial charge is 0.507 e. The number of aryl methyl sites for hydroxylation is 2. The van der Waals surface area contributed by atoms with Gasteiger partial charge in [0.05, 0.1) is 29.8 Å². The maximum absolute atomic E-state index is 12.5. The molecule has 4 aromatic carbocycles. The van der Waals surface area contributed by atoms with E-state index in [2.05, 4.69) is 15.6 Å². The summed E-state index contributed by atoms with van der Waals surface area (Å²) in [5.74, 6) is 1.77. The third-order valence-corrected chi connectivity index (χ3v) is 8.25. The predicted octanol–water partition coefficient (Wildman–Crippen LogP) is 7.03. The zero-order valence-corrected chi connectivity index (χ0v) is 28.5. The van der Waals surface area contributed by atoms with E-state index in [0.29, 0.717) is 48.6 Å². The monoisotopic (exact) mass is 684 g/mol. The Morgan fingerprint density at radius 3 is 2.49 bits per heavy atom. The maximum Gasteiger partial charge on any atom is 0.193 e. The quantitative estimate of drug-likeness (QED) is 0.0591. The fourth-order valence-electron chi connectivity index (χ4n) is 5.47. The number of phenols is 1. The topological polar surface area (TPSA) is 129 Å². The predicted molar refractivity (Wildman–Crippen MR) is 197 cm³/mol. The molecule has 260 valence electrons. The van der Waals surface area contributed by atoms with Crippen molar-refractivity contribution < 1.29 is 23.8 Å². The number of ether oxygens (including phenoxy) is 2. The summed E-state index contributed by atoms with van der Waals surface area (Å²) in [5.41, 5.74) is 4.35. The normalized spacial score (nSPS) is 11.3. The van der Waals surface area contributed by atoms with Crippen molar-refractivity contribution >= 4 is 22.8 Å². The first kappa shape index (κ1) is 34.8. The van der Waals surface area contributed by atoms with Gasteiger partial charge in [-0.3, -0.25) is 14.3 Å². The third-order valence-electron chi connectivity index (χ3n) is 8.25. The minimum absolute atomic E-state index is 0.0205. The number of unbranched alkanes of at least 4 members (excludes halogenated alkanes) is 1. The van der Waals surface area contributed by atoms with Gasteiger partial charge in [0.15, 0.2) is 11.2 Å². The van der Waals surface area contributed by atoms with E-state index in [0.717, 1.165) is 59.7 Å². The molecule has 0 amide bonds. The molecule has 6 rings (SSSR count). The molecule has 0 aliphatic heterocycles. The van der Waals surface area contributed by atoms with Crippen LogP contribution in [0.1, 0.15) is 40.0 Å². The van der Waals surface area contributed by atoms with E-state index in [-0.39, 0.29) is 17.0 Å². The van der Waals surface area contributed by atoms with Crippen LogP contribution in [0.4, 0.5) is 0 Å². The molecule has 0 fully saturated rings. The van der Waals surface area contributed by atoms with Crippen molar-refractivity contribution in [1.29, 1.82) is 0 Å². The fourth-order valence-corrected chi connectivity index (χ4v) is 5.47. The number of allylic oxidation sites excluding steroid dienone is 1. The van der Waals surface area contributed by atoms with E-state index in [1.54, 1.807) is 30.3 Å². The minimum atomic E-state index is -0.244. The molecule has 2 aromatic heterocycles. The van der Waals surface area contributed by atoms with Gasteiger partial charge in [0.2, 0.25) is 0 Å². The standard InChI is InChI=1S/C41H40N4O6/c1-29-9-19-37(46)36(26-29)38(47)20-12-30-10-15-33(16-11-30)49-24-5-4-6-32-28-45(44-43-32)23-21-42-22-25-50-34-17-13-31(14-18-34)41-27-39(48)35-7-2-3-8-40(35)51-41/h2-3,7-20,26-28,42,46H,4-6,21-25H2,1H3. The number of benzene rings is 4. The summed E-state index contributed by atoms with van der Waals surface area (Å²) < 4.78 is 19.5. The van der Waals surface area contributed by atoms with Gasteiger partial charge >= 0.3 is 0 Å². The van der Waals surface area contributed by atoms with Crippen LogP contribution in [0.25, 0.3) is 28.4 Å². The number of nitrogens with zero attached hydrogens (tertiary/aromatic N) is 3. The van der Waals surface area contributed by atoms with Crippen molar-refractivity contribution in [3.8, 4) is 28.6 Å². The first-order valence-electron chi connectivity index (χ1n) is 17.0. The molecule has 0 bridgehead atoms. The van der Waals surface area contributed by atoms with E-state index in [4.69, 9.17) is 13.9 Å². The highest BCUT2D eigenvalue weighted by Gasteiger charge is 2.09. The van der Waals surface area contributed by atoms with Gasteiger partial charge in [-0.25, -0.2) is 0 Å². The van der Waals surface area contributed by atoms with Gasteiger partial charge in [-0.2, -0.15) is 0 Å². The molecule has 51 heavy (non-hydrogen) atoms. The number of rotatable bonds is 17. The highest BCUT2D eigenvalue weighted by atomic mass is 16.5. The second-order valence-corrected chi connectivity index (χ2v) is 12.2. The maximum atomic E-state index is 12.5. The number of fused-ring (bicyclic) bond motifs is 1. The molecule has 0 atom stereocenters. The number of aromatic hydroxyl groups is 1. The van der Waals surface area contributed by atoms with Crippen LogP contribution in [0.3, 0.4) is 0 Å². The van der Waals surface area contributed by atoms with Crippen LogP contribution in [-0.4, -0.2) is 52.2 Å². The van der Waals surface area contributed by atoms with Crippen molar-refractivity contribution in [2.45, 2.75) is 32.7 Å². The zero-order chi connectivity index (χ0) is 35.4. The van der Waals surface area contributed by atoms with Gasteiger partial charge in [0.1, 0.15) is 35.2 Å². The smallest absolute Gasteiger partial charge is 0.193 e. The van der Waals surface area contributed by atoms with Crippen molar-refractivity contribution in [2.75, 3.05) is 26.3 Å². The Balaban J connectivity index is 0.827. The molecule has 0 spiro atoms. The summed E-state index contributed by atoms with van der Waals surface area (Å²) in [5, 5.41) is 22.4. The third kappa shape index (κ3) is 9.80. The van der Waals surface area contributed by atoms with Crippen LogP contribution in [-0.2, 0) is 13.0 Å². The van der Waals surface area contributed by atoms with Gasteiger partial charge in [-0.05, 0) is 98.5 Å². The van der Waals surface area contributed by atoms with Gasteiger partial charge in [0.25, 0.3) is 0 Å². The van der Waals surface area contributed by atoms with Gasteiger partial charge < -0.3 is 24.3 Å². The lowest BCUT2D eigenvalue weighted by molar-refractivity contribution is 0.104. The van der Waals surface area contributed by atoms with E-state index in [1.165, 1.54) is 18.2 Å². The van der Waals surface area contributed by atoms with Crippen LogP contribution in [0.15, 0.2) is 119 Å². The Labute approximate surface area is 296 Å². The number of hydrogen-bond donors (Lipinski definition) is 2. The fraction of sp³-hybridized carbons (Fsp3) is 0.220. The van der Waals surface area contributed by atoms with Crippen LogP contribution in [0.2, 0.25) is 0 Å². The molecular formula is C41H40N4O6. The molecule has 0 saturated heterocycles. The van der Waals surface area contributed by atoms with E-state index >= 15 is 0 Å². The Hall–Kier alpha value is -6.00. The minimum Gasteiger partial charge on any atom is -0.507 e. The second-order valence-electron chi connectivity index (χ2n) is 12.2. The van der Waals surface area contributed by atoms with Gasteiger partial charge in [0, 0.05) is 30.9 Å². The molecule has 10 heteroatoms. The van der Waals surface area contributed by atoms with Crippen LogP contribution >= 0.6 is 0 Å². The summed E-state index contributed by atoms with van der Waals surface area (Å²) in [6.07, 6.45) is 7.81. The Kier molecular flexibility index (Phi) is 11.7. The second kappa shape index (κ2) is 17.1. The number of carbonyl (C=O) groups is 1. The summed E-state index contributed by atoms with van der Waals surface area (Å²) in [7, 11) is 0. The Bertz CT molecular complexity index is 2150. The van der Waals surface area contributed by atoms with Crippen molar-refractivity contribution in [3.63, 3.8) is 0 Å². The summed E-state index contributed by atoms with van der Waals surface area (Å²) in [4.78, 5) is 24.9. The number of ketones is 1. The number of carbonyl (C=O) groups excluding carboxylic acids is 1. The Morgan fingerprint density at radius 1 is 0.902 bits per heavy atom.